The van der Waals surface area contributed by atoms with Gasteiger partial charge in [-0.05, 0) is 37.8 Å². The van der Waals surface area contributed by atoms with Crippen molar-refractivity contribution in [3.05, 3.63) is 29.3 Å². The third kappa shape index (κ3) is 3.95. The molecule has 0 aromatic heterocycles. The van der Waals surface area contributed by atoms with Crippen LogP contribution >= 0.6 is 0 Å². The van der Waals surface area contributed by atoms with Crippen LogP contribution in [0.25, 0.3) is 0 Å². The van der Waals surface area contributed by atoms with Gasteiger partial charge in [-0.2, -0.15) is 0 Å². The van der Waals surface area contributed by atoms with Crippen LogP contribution in [0.15, 0.2) is 18.2 Å². The Bertz CT molecular complexity index is 409. The first-order valence-corrected chi connectivity index (χ1v) is 7.23. The molecule has 0 aliphatic heterocycles. The van der Waals surface area contributed by atoms with Crippen LogP contribution in [-0.4, -0.2) is 43.6 Å². The second kappa shape index (κ2) is 7.07. The molecule has 1 aliphatic rings. The highest BCUT2D eigenvalue weighted by Crippen LogP contribution is 2.23. The van der Waals surface area contributed by atoms with E-state index in [4.69, 9.17) is 9.47 Å². The van der Waals surface area contributed by atoms with Crippen LogP contribution in [0.3, 0.4) is 0 Å². The molecule has 0 radical (unpaired) electrons. The molecule has 20 heavy (non-hydrogen) atoms. The molecular formula is C16H25NO3. The van der Waals surface area contributed by atoms with Gasteiger partial charge in [0.2, 0.25) is 0 Å². The molecule has 1 unspecified atom stereocenters. The summed E-state index contributed by atoms with van der Waals surface area (Å²) in [6.45, 7) is 4.92. The maximum absolute atomic E-state index is 9.97. The first-order chi connectivity index (χ1) is 9.60. The summed E-state index contributed by atoms with van der Waals surface area (Å²) in [5.74, 6) is 0.884. The first-order valence-electron chi connectivity index (χ1n) is 7.23. The Morgan fingerprint density at radius 3 is 2.55 bits per heavy atom. The Labute approximate surface area is 121 Å². The molecule has 0 heterocycles. The topological polar surface area (TPSA) is 50.7 Å². The average Bonchev–Trinajstić information content (AvgIpc) is 2.36. The molecule has 112 valence electrons. The van der Waals surface area contributed by atoms with E-state index in [1.54, 1.807) is 7.11 Å². The minimum Gasteiger partial charge on any atom is -0.490 e. The van der Waals surface area contributed by atoms with Crippen molar-refractivity contribution < 1.29 is 14.6 Å². The van der Waals surface area contributed by atoms with Crippen LogP contribution < -0.4 is 10.1 Å². The van der Waals surface area contributed by atoms with E-state index in [0.717, 1.165) is 29.7 Å². The van der Waals surface area contributed by atoms with Gasteiger partial charge in [-0.15, -0.1) is 0 Å². The third-order valence-electron chi connectivity index (χ3n) is 3.90. The molecule has 0 spiro atoms. The van der Waals surface area contributed by atoms with Crippen LogP contribution in [0.4, 0.5) is 0 Å². The average molecular weight is 279 g/mol. The number of ether oxygens (including phenoxy) is 2. The van der Waals surface area contributed by atoms with E-state index < -0.39 is 6.10 Å². The van der Waals surface area contributed by atoms with Crippen LogP contribution in [-0.2, 0) is 4.74 Å². The standard InChI is InChI=1S/C16H25NO3/c1-11-5-4-6-12(2)16(11)20-10-14(18)9-17-13-7-15(8-13)19-3/h4-6,13-15,17-18H,7-10H2,1-3H3. The molecule has 1 aromatic rings. The fraction of sp³-hybridized carbons (Fsp3) is 0.625. The molecule has 2 rings (SSSR count). The molecular weight excluding hydrogens is 254 g/mol. The summed E-state index contributed by atoms with van der Waals surface area (Å²) in [6, 6.07) is 6.52. The van der Waals surface area contributed by atoms with Gasteiger partial charge in [0.15, 0.2) is 0 Å². The second-order valence-electron chi connectivity index (χ2n) is 5.62. The highest BCUT2D eigenvalue weighted by Gasteiger charge is 2.28. The van der Waals surface area contributed by atoms with Gasteiger partial charge in [-0.25, -0.2) is 0 Å². The van der Waals surface area contributed by atoms with Gasteiger partial charge < -0.3 is 19.9 Å². The van der Waals surface area contributed by atoms with Gasteiger partial charge in [-0.3, -0.25) is 0 Å². The number of hydrogen-bond acceptors (Lipinski definition) is 4. The predicted octanol–water partition coefficient (Wildman–Crippen LogP) is 1.81. The van der Waals surface area contributed by atoms with E-state index in [9.17, 15) is 5.11 Å². The van der Waals surface area contributed by atoms with Crippen LogP contribution in [0.5, 0.6) is 5.75 Å². The summed E-state index contributed by atoms with van der Waals surface area (Å²) in [4.78, 5) is 0. The summed E-state index contributed by atoms with van der Waals surface area (Å²) >= 11 is 0. The molecule has 0 bridgehead atoms. The smallest absolute Gasteiger partial charge is 0.125 e. The molecule has 1 saturated carbocycles. The van der Waals surface area contributed by atoms with E-state index in [0.29, 0.717) is 25.3 Å². The highest BCUT2D eigenvalue weighted by molar-refractivity contribution is 5.39. The Morgan fingerprint density at radius 1 is 1.30 bits per heavy atom. The van der Waals surface area contributed by atoms with Crippen molar-refractivity contribution in [2.75, 3.05) is 20.3 Å². The van der Waals surface area contributed by atoms with Gasteiger partial charge in [0.05, 0.1) is 6.10 Å². The zero-order chi connectivity index (χ0) is 14.5. The van der Waals surface area contributed by atoms with Gasteiger partial charge >= 0.3 is 0 Å². The first kappa shape index (κ1) is 15.3. The SMILES string of the molecule is COC1CC(NCC(O)COc2c(C)cccc2C)C1. The fourth-order valence-corrected chi connectivity index (χ4v) is 2.49. The third-order valence-corrected chi connectivity index (χ3v) is 3.90. The van der Waals surface area contributed by atoms with Crippen molar-refractivity contribution in [1.82, 2.24) is 5.32 Å². The lowest BCUT2D eigenvalue weighted by Crippen LogP contribution is -2.48. The maximum Gasteiger partial charge on any atom is 0.125 e. The lowest BCUT2D eigenvalue weighted by atomic mass is 9.89. The molecule has 4 nitrogen and oxygen atoms in total. The number of nitrogens with one attached hydrogen (secondary N) is 1. The minimum absolute atomic E-state index is 0.319. The van der Waals surface area contributed by atoms with Crippen LogP contribution in [0.2, 0.25) is 0 Å². The van der Waals surface area contributed by atoms with Gasteiger partial charge in [0.25, 0.3) is 0 Å². The van der Waals surface area contributed by atoms with Crippen molar-refractivity contribution in [1.29, 1.82) is 0 Å². The van der Waals surface area contributed by atoms with Crippen LogP contribution in [0, 0.1) is 13.8 Å². The molecule has 1 aromatic carbocycles. The Morgan fingerprint density at radius 2 is 1.95 bits per heavy atom. The fourth-order valence-electron chi connectivity index (χ4n) is 2.49. The normalized spacial score (nSPS) is 23.2. The van der Waals surface area contributed by atoms with Crippen molar-refractivity contribution in [3.8, 4) is 5.75 Å². The van der Waals surface area contributed by atoms with Crippen molar-refractivity contribution >= 4 is 0 Å². The summed E-state index contributed by atoms with van der Waals surface area (Å²) in [5, 5.41) is 13.3. The van der Waals surface area contributed by atoms with E-state index in [1.165, 1.54) is 0 Å². The Balaban J connectivity index is 1.69. The number of aliphatic hydroxyl groups excluding tert-OH is 1. The molecule has 1 atom stereocenters. The maximum atomic E-state index is 9.97. The predicted molar refractivity (Wildman–Crippen MR) is 79.2 cm³/mol. The number of benzene rings is 1. The molecule has 1 fully saturated rings. The molecule has 1 aliphatic carbocycles. The summed E-state index contributed by atoms with van der Waals surface area (Å²) < 4.78 is 11.0. The second-order valence-corrected chi connectivity index (χ2v) is 5.62. The lowest BCUT2D eigenvalue weighted by molar-refractivity contribution is 0.0117. The van der Waals surface area contributed by atoms with Gasteiger partial charge in [0.1, 0.15) is 18.5 Å². The summed E-state index contributed by atoms with van der Waals surface area (Å²) in [5.41, 5.74) is 2.21. The summed E-state index contributed by atoms with van der Waals surface area (Å²) in [6.07, 6.45) is 1.95. The quantitative estimate of drug-likeness (QED) is 0.799. The van der Waals surface area contributed by atoms with Gasteiger partial charge in [0, 0.05) is 19.7 Å². The van der Waals surface area contributed by atoms with Crippen molar-refractivity contribution in [3.63, 3.8) is 0 Å². The van der Waals surface area contributed by atoms with Crippen molar-refractivity contribution in [2.24, 2.45) is 0 Å². The molecule has 0 saturated heterocycles. The van der Waals surface area contributed by atoms with Crippen molar-refractivity contribution in [2.45, 2.75) is 44.9 Å². The molecule has 2 N–H and O–H groups in total. The zero-order valence-electron chi connectivity index (χ0n) is 12.6. The summed E-state index contributed by atoms with van der Waals surface area (Å²) in [7, 11) is 1.74. The molecule has 0 amide bonds. The van der Waals surface area contributed by atoms with E-state index in [-0.39, 0.29) is 0 Å². The van der Waals surface area contributed by atoms with E-state index in [2.05, 4.69) is 5.32 Å². The zero-order valence-corrected chi connectivity index (χ0v) is 12.6. The Hall–Kier alpha value is -1.10. The monoisotopic (exact) mass is 279 g/mol. The number of methoxy groups -OCH3 is 1. The van der Waals surface area contributed by atoms with Gasteiger partial charge in [-0.1, -0.05) is 18.2 Å². The van der Waals surface area contributed by atoms with Crippen LogP contribution in [0.1, 0.15) is 24.0 Å². The number of hydrogen-bond donors (Lipinski definition) is 2. The molecule has 4 heteroatoms. The largest absolute Gasteiger partial charge is 0.490 e. The lowest BCUT2D eigenvalue weighted by Gasteiger charge is -2.35. The van der Waals surface area contributed by atoms with E-state index >= 15 is 0 Å². The highest BCUT2D eigenvalue weighted by atomic mass is 16.5. The number of rotatable bonds is 7. The van der Waals surface area contributed by atoms with E-state index in [1.807, 2.05) is 32.0 Å². The number of aliphatic hydroxyl groups is 1. The Kier molecular flexibility index (Phi) is 5.40. The number of aryl methyl sites for hydroxylation is 2. The minimum atomic E-state index is -0.490. The number of para-hydroxylation sites is 1.